The van der Waals surface area contributed by atoms with Crippen LogP contribution in [0.25, 0.3) is 0 Å². The Hall–Kier alpha value is -2.78. The lowest BCUT2D eigenvalue weighted by atomic mass is 9.93. The molecule has 2 amide bonds. The quantitative estimate of drug-likeness (QED) is 0.686. The van der Waals surface area contributed by atoms with Crippen molar-refractivity contribution in [3.05, 3.63) is 65.5 Å². The molecule has 1 heterocycles. The lowest BCUT2D eigenvalue weighted by molar-refractivity contribution is -0.133. The number of amides is 2. The molecule has 32 heavy (non-hydrogen) atoms. The first kappa shape index (κ1) is 23.9. The lowest BCUT2D eigenvalue weighted by Gasteiger charge is -2.47. The molecule has 0 aromatic heterocycles. The second kappa shape index (κ2) is 9.38. The Kier molecular flexibility index (Phi) is 7.00. The van der Waals surface area contributed by atoms with Crippen LogP contribution in [0.4, 0.5) is 10.1 Å². The molecule has 9 heteroatoms. The predicted octanol–water partition coefficient (Wildman–Crippen LogP) is 2.46. The average molecular weight is 462 g/mol. The fraction of sp³-hybridized carbons (Fsp3) is 0.391. The largest absolute Gasteiger partial charge is 0.350 e. The molecule has 1 fully saturated rings. The highest BCUT2D eigenvalue weighted by Gasteiger charge is 2.50. The predicted molar refractivity (Wildman–Crippen MR) is 121 cm³/mol. The number of rotatable bonds is 7. The number of carbonyl (C=O) groups excluding carboxylic acids is 2. The van der Waals surface area contributed by atoms with Gasteiger partial charge in [-0.2, -0.15) is 4.31 Å². The number of piperazine rings is 1. The zero-order valence-corrected chi connectivity index (χ0v) is 19.3. The van der Waals surface area contributed by atoms with E-state index in [9.17, 15) is 22.4 Å². The van der Waals surface area contributed by atoms with Crippen LogP contribution >= 0.6 is 0 Å². The Morgan fingerprint density at radius 1 is 1.12 bits per heavy atom. The van der Waals surface area contributed by atoms with Crippen LogP contribution in [0.1, 0.15) is 31.9 Å². The van der Waals surface area contributed by atoms with Gasteiger partial charge in [-0.05, 0) is 49.6 Å². The summed E-state index contributed by atoms with van der Waals surface area (Å²) in [5, 5.41) is 2.80. The first-order valence-corrected chi connectivity index (χ1v) is 12.1. The van der Waals surface area contributed by atoms with Crippen LogP contribution in [0, 0.1) is 5.82 Å². The van der Waals surface area contributed by atoms with E-state index in [0.717, 1.165) is 9.87 Å². The highest BCUT2D eigenvalue weighted by atomic mass is 32.2. The number of hydrogen-bond acceptors (Lipinski definition) is 4. The Labute approximate surface area is 188 Å². The van der Waals surface area contributed by atoms with Crippen molar-refractivity contribution < 1.29 is 22.4 Å². The molecule has 172 valence electrons. The summed E-state index contributed by atoms with van der Waals surface area (Å²) >= 11 is 0. The van der Waals surface area contributed by atoms with Crippen LogP contribution in [0.2, 0.25) is 0 Å². The molecule has 0 unspecified atom stereocenters. The zero-order chi connectivity index (χ0) is 23.5. The van der Waals surface area contributed by atoms with E-state index in [1.165, 1.54) is 24.0 Å². The van der Waals surface area contributed by atoms with Crippen LogP contribution in [-0.2, 0) is 32.6 Å². The topological polar surface area (TPSA) is 86.8 Å². The fourth-order valence-corrected chi connectivity index (χ4v) is 5.04. The van der Waals surface area contributed by atoms with E-state index in [0.29, 0.717) is 17.7 Å². The molecule has 3 rings (SSSR count). The van der Waals surface area contributed by atoms with Gasteiger partial charge in [-0.15, -0.1) is 0 Å². The SMILES string of the molecule is CCc1ccccc1N1C(=O)CN(S(=O)(=O)CC)C[C@]1(C)C(=O)NCc1ccc(F)cc1. The number of benzene rings is 2. The van der Waals surface area contributed by atoms with Crippen LogP contribution < -0.4 is 10.2 Å². The molecule has 0 saturated carbocycles. The maximum absolute atomic E-state index is 13.4. The third kappa shape index (κ3) is 4.68. The first-order valence-electron chi connectivity index (χ1n) is 10.5. The second-order valence-electron chi connectivity index (χ2n) is 7.96. The smallest absolute Gasteiger partial charge is 0.247 e. The van der Waals surface area contributed by atoms with Crippen molar-refractivity contribution in [2.24, 2.45) is 0 Å². The summed E-state index contributed by atoms with van der Waals surface area (Å²) in [5.74, 6) is -1.50. The molecule has 0 bridgehead atoms. The molecule has 0 spiro atoms. The van der Waals surface area contributed by atoms with Crippen LogP contribution in [0.3, 0.4) is 0 Å². The van der Waals surface area contributed by atoms with Crippen molar-refractivity contribution in [2.45, 2.75) is 39.3 Å². The van der Waals surface area contributed by atoms with Crippen molar-refractivity contribution in [1.29, 1.82) is 0 Å². The van der Waals surface area contributed by atoms with E-state index in [1.807, 2.05) is 19.1 Å². The average Bonchev–Trinajstić information content (AvgIpc) is 2.78. The molecule has 1 N–H and O–H groups in total. The van der Waals surface area contributed by atoms with E-state index in [2.05, 4.69) is 5.32 Å². The molecular formula is C23H28FN3O4S. The molecule has 2 aromatic rings. The first-order chi connectivity index (χ1) is 15.1. The Morgan fingerprint density at radius 3 is 2.41 bits per heavy atom. The second-order valence-corrected chi connectivity index (χ2v) is 10.2. The summed E-state index contributed by atoms with van der Waals surface area (Å²) in [6, 6.07) is 13.0. The monoisotopic (exact) mass is 461 g/mol. The van der Waals surface area contributed by atoms with Gasteiger partial charge in [0.15, 0.2) is 0 Å². The highest BCUT2D eigenvalue weighted by Crippen LogP contribution is 2.33. The van der Waals surface area contributed by atoms with Crippen LogP contribution in [0.5, 0.6) is 0 Å². The molecule has 7 nitrogen and oxygen atoms in total. The number of anilines is 1. The number of sulfonamides is 1. The molecule has 1 aliphatic rings. The minimum atomic E-state index is -3.69. The minimum absolute atomic E-state index is 0.118. The molecule has 1 saturated heterocycles. The van der Waals surface area contributed by atoms with Gasteiger partial charge in [0.25, 0.3) is 0 Å². The normalized spacial score (nSPS) is 19.8. The highest BCUT2D eigenvalue weighted by molar-refractivity contribution is 7.89. The van der Waals surface area contributed by atoms with Gasteiger partial charge >= 0.3 is 0 Å². The lowest BCUT2D eigenvalue weighted by Crippen LogP contribution is -2.70. The molecular weight excluding hydrogens is 433 g/mol. The van der Waals surface area contributed by atoms with Crippen LogP contribution in [-0.4, -0.2) is 48.9 Å². The van der Waals surface area contributed by atoms with Crippen molar-refractivity contribution in [3.8, 4) is 0 Å². The van der Waals surface area contributed by atoms with Gasteiger partial charge in [0, 0.05) is 18.8 Å². The zero-order valence-electron chi connectivity index (χ0n) is 18.5. The summed E-state index contributed by atoms with van der Waals surface area (Å²) < 4.78 is 39.4. The Morgan fingerprint density at radius 2 is 1.78 bits per heavy atom. The number of halogens is 1. The van der Waals surface area contributed by atoms with E-state index in [-0.39, 0.29) is 31.2 Å². The maximum atomic E-state index is 13.4. The van der Waals surface area contributed by atoms with E-state index in [1.54, 1.807) is 31.2 Å². The van der Waals surface area contributed by atoms with Crippen molar-refractivity contribution >= 4 is 27.5 Å². The summed E-state index contributed by atoms with van der Waals surface area (Å²) in [6.45, 7) is 4.66. The summed E-state index contributed by atoms with van der Waals surface area (Å²) in [5.41, 5.74) is 0.685. The van der Waals surface area contributed by atoms with E-state index < -0.39 is 27.4 Å². The van der Waals surface area contributed by atoms with Crippen LogP contribution in [0.15, 0.2) is 48.5 Å². The van der Waals surface area contributed by atoms with Gasteiger partial charge in [-0.25, -0.2) is 12.8 Å². The van der Waals surface area contributed by atoms with E-state index in [4.69, 9.17) is 0 Å². The number of nitrogens with zero attached hydrogens (tertiary/aromatic N) is 2. The van der Waals surface area contributed by atoms with Gasteiger partial charge in [0.05, 0.1) is 12.3 Å². The van der Waals surface area contributed by atoms with Gasteiger partial charge in [0.1, 0.15) is 11.4 Å². The van der Waals surface area contributed by atoms with Crippen molar-refractivity contribution in [1.82, 2.24) is 9.62 Å². The van der Waals surface area contributed by atoms with Crippen molar-refractivity contribution in [3.63, 3.8) is 0 Å². The molecule has 1 aliphatic heterocycles. The molecule has 0 radical (unpaired) electrons. The van der Waals surface area contributed by atoms with Gasteiger partial charge in [-0.3, -0.25) is 14.5 Å². The fourth-order valence-electron chi connectivity index (χ4n) is 3.92. The number of hydrogen-bond donors (Lipinski definition) is 1. The number of para-hydroxylation sites is 1. The van der Waals surface area contributed by atoms with E-state index >= 15 is 0 Å². The maximum Gasteiger partial charge on any atom is 0.247 e. The summed E-state index contributed by atoms with van der Waals surface area (Å²) in [4.78, 5) is 28.1. The molecule has 0 aliphatic carbocycles. The Balaban J connectivity index is 1.99. The summed E-state index contributed by atoms with van der Waals surface area (Å²) in [6.07, 6.45) is 0.643. The van der Waals surface area contributed by atoms with Gasteiger partial charge < -0.3 is 5.32 Å². The Bertz CT molecular complexity index is 1100. The molecule has 1 atom stereocenters. The number of nitrogens with one attached hydrogen (secondary N) is 1. The molecule has 2 aromatic carbocycles. The number of carbonyl (C=O) groups is 2. The summed E-state index contributed by atoms with van der Waals surface area (Å²) in [7, 11) is -3.69. The number of aryl methyl sites for hydroxylation is 1. The van der Waals surface area contributed by atoms with Gasteiger partial charge in [0.2, 0.25) is 21.8 Å². The standard InChI is InChI=1S/C23H28FN3O4S/c1-4-18-8-6-7-9-20(18)27-21(28)15-26(32(30,31)5-2)16-23(27,3)22(29)25-14-17-10-12-19(24)13-11-17/h6-13H,4-5,14-16H2,1-3H3,(H,25,29)/t23-/m1/s1. The van der Waals surface area contributed by atoms with Crippen molar-refractivity contribution in [2.75, 3.05) is 23.7 Å². The third-order valence-electron chi connectivity index (χ3n) is 5.77. The minimum Gasteiger partial charge on any atom is -0.350 e. The third-order valence-corrected chi connectivity index (χ3v) is 7.54. The van der Waals surface area contributed by atoms with Gasteiger partial charge in [-0.1, -0.05) is 37.3 Å².